The third-order valence-electron chi connectivity index (χ3n) is 5.50. The number of aliphatic imine (C=N–C) groups is 1. The molecule has 4 rings (SSSR count). The molecule has 1 amide bonds. The highest BCUT2D eigenvalue weighted by molar-refractivity contribution is 8.13. The van der Waals surface area contributed by atoms with Crippen molar-refractivity contribution in [1.82, 2.24) is 10.3 Å². The van der Waals surface area contributed by atoms with Crippen LogP contribution in [0, 0.1) is 5.92 Å². The van der Waals surface area contributed by atoms with Gasteiger partial charge in [0.15, 0.2) is 5.17 Å². The molecule has 1 fully saturated rings. The van der Waals surface area contributed by atoms with Crippen LogP contribution in [0.15, 0.2) is 40.7 Å². The molecule has 0 radical (unpaired) electrons. The summed E-state index contributed by atoms with van der Waals surface area (Å²) in [4.78, 5) is 21.3. The Morgan fingerprint density at radius 1 is 1.43 bits per heavy atom. The van der Waals surface area contributed by atoms with Gasteiger partial charge in [-0.05, 0) is 36.5 Å². The number of pyridine rings is 1. The molecule has 0 saturated heterocycles. The number of carbonyl (C=O) groups excluding carboxylic acids is 1. The van der Waals surface area contributed by atoms with Gasteiger partial charge in [-0.3, -0.25) is 9.79 Å². The lowest BCUT2D eigenvalue weighted by Gasteiger charge is -2.39. The number of rotatable bonds is 3. The smallest absolute Gasteiger partial charge is 0.275 e. The van der Waals surface area contributed by atoms with Crippen molar-refractivity contribution < 1.29 is 9.18 Å². The summed E-state index contributed by atoms with van der Waals surface area (Å²) in [5, 5.41) is 3.78. The predicted molar refractivity (Wildman–Crippen MR) is 112 cm³/mol. The first-order valence-corrected chi connectivity index (χ1v) is 10.8. The van der Waals surface area contributed by atoms with Crippen molar-refractivity contribution in [2.24, 2.45) is 16.6 Å². The molecular weight excluding hydrogens is 422 g/mol. The minimum atomic E-state index is -1.14. The van der Waals surface area contributed by atoms with Crippen molar-refractivity contribution in [3.8, 4) is 0 Å². The van der Waals surface area contributed by atoms with Crippen molar-refractivity contribution in [2.45, 2.75) is 37.4 Å². The summed E-state index contributed by atoms with van der Waals surface area (Å²) in [6.07, 6.45) is 6.54. The molecule has 2 aliphatic carbocycles. The lowest BCUT2D eigenvalue weighted by atomic mass is 9.76. The number of fused-ring (bicyclic) bond motifs is 1. The summed E-state index contributed by atoms with van der Waals surface area (Å²) in [5.74, 6) is 0.634. The topological polar surface area (TPSA) is 80.4 Å². The van der Waals surface area contributed by atoms with E-state index in [2.05, 4.69) is 10.3 Å². The molecule has 1 aromatic heterocycles. The Bertz CT molecular complexity index is 919. The first-order valence-electron chi connectivity index (χ1n) is 9.06. The molecule has 1 aliphatic heterocycles. The van der Waals surface area contributed by atoms with Crippen molar-refractivity contribution in [3.05, 3.63) is 51.4 Å². The van der Waals surface area contributed by atoms with Crippen LogP contribution in [0.2, 0.25) is 10.0 Å². The van der Waals surface area contributed by atoms with Gasteiger partial charge >= 0.3 is 0 Å². The van der Waals surface area contributed by atoms with Crippen LogP contribution in [-0.2, 0) is 0 Å². The molecule has 5 nitrogen and oxygen atoms in total. The number of amides is 1. The molecule has 148 valence electrons. The summed E-state index contributed by atoms with van der Waals surface area (Å²) in [6.45, 7) is 0. The highest BCUT2D eigenvalue weighted by Crippen LogP contribution is 2.50. The van der Waals surface area contributed by atoms with Gasteiger partial charge in [0.25, 0.3) is 5.91 Å². The summed E-state index contributed by atoms with van der Waals surface area (Å²) >= 11 is 13.4. The minimum Gasteiger partial charge on any atom is -0.379 e. The fourth-order valence-electron chi connectivity index (χ4n) is 4.22. The van der Waals surface area contributed by atoms with E-state index >= 15 is 0 Å². The van der Waals surface area contributed by atoms with Crippen LogP contribution in [-0.4, -0.2) is 33.5 Å². The Morgan fingerprint density at radius 2 is 2.25 bits per heavy atom. The normalized spacial score (nSPS) is 29.5. The summed E-state index contributed by atoms with van der Waals surface area (Å²) in [6, 6.07) is 1.46. The van der Waals surface area contributed by atoms with Gasteiger partial charge in [-0.25, -0.2) is 9.37 Å². The average Bonchev–Trinajstić information content (AvgIpc) is 3.07. The van der Waals surface area contributed by atoms with Crippen LogP contribution in [0.4, 0.5) is 4.39 Å². The second-order valence-electron chi connectivity index (χ2n) is 7.17. The van der Waals surface area contributed by atoms with Gasteiger partial charge in [-0.2, -0.15) is 0 Å². The number of allylic oxidation sites excluding steroid dienone is 2. The first-order chi connectivity index (χ1) is 13.4. The number of alkyl halides is 1. The zero-order valence-electron chi connectivity index (χ0n) is 14.9. The van der Waals surface area contributed by atoms with Crippen molar-refractivity contribution in [1.29, 1.82) is 0 Å². The Balaban J connectivity index is 1.62. The number of aromatic nitrogens is 1. The maximum Gasteiger partial charge on any atom is 0.275 e. The SMILES string of the molecule is NC1=N[C@@]2(C3=CC(NC(=O)c4ncc(Cl)cc4Cl)=CCC3F)CCC[C@H]2CS1. The molecule has 1 unspecified atom stereocenters. The van der Waals surface area contributed by atoms with Gasteiger partial charge in [0, 0.05) is 24.1 Å². The summed E-state index contributed by atoms with van der Waals surface area (Å²) in [5.41, 5.74) is 6.58. The Hall–Kier alpha value is -1.57. The third kappa shape index (κ3) is 3.55. The van der Waals surface area contributed by atoms with Crippen molar-refractivity contribution in [2.75, 3.05) is 5.75 Å². The standard InChI is InChI=1S/C19H19Cl2FN4OS/c20-11-6-14(21)16(24-8-11)17(27)25-12-3-4-15(22)13(7-12)19-5-1-2-10(19)9-28-18(23)26-19/h3,6-8,10,15H,1-2,4-5,9H2,(H2,23,26)(H,25,27)/t10-,15?,19-/m0/s1. The van der Waals surface area contributed by atoms with Crippen LogP contribution in [0.3, 0.4) is 0 Å². The summed E-state index contributed by atoms with van der Waals surface area (Å²) in [7, 11) is 0. The average molecular weight is 441 g/mol. The third-order valence-corrected chi connectivity index (χ3v) is 6.95. The zero-order valence-corrected chi connectivity index (χ0v) is 17.3. The van der Waals surface area contributed by atoms with Gasteiger partial charge in [-0.15, -0.1) is 0 Å². The van der Waals surface area contributed by atoms with E-state index < -0.39 is 17.6 Å². The number of thioether (sulfide) groups is 1. The zero-order chi connectivity index (χ0) is 19.9. The maximum absolute atomic E-state index is 14.9. The lowest BCUT2D eigenvalue weighted by Crippen LogP contribution is -2.44. The van der Waals surface area contributed by atoms with E-state index in [-0.39, 0.29) is 23.1 Å². The van der Waals surface area contributed by atoms with Gasteiger partial charge in [-0.1, -0.05) is 47.5 Å². The number of nitrogens with one attached hydrogen (secondary N) is 1. The fraction of sp³-hybridized carbons (Fsp3) is 0.421. The highest BCUT2D eigenvalue weighted by Gasteiger charge is 2.50. The van der Waals surface area contributed by atoms with E-state index in [9.17, 15) is 9.18 Å². The first kappa shape index (κ1) is 19.7. The van der Waals surface area contributed by atoms with E-state index in [1.807, 2.05) is 0 Å². The van der Waals surface area contributed by atoms with Gasteiger partial charge in [0.1, 0.15) is 11.9 Å². The number of halogens is 3. The molecule has 2 heterocycles. The predicted octanol–water partition coefficient (Wildman–Crippen LogP) is 4.27. The largest absolute Gasteiger partial charge is 0.379 e. The quantitative estimate of drug-likeness (QED) is 0.734. The number of carbonyl (C=O) groups is 1. The molecule has 3 aliphatic rings. The molecule has 3 atom stereocenters. The molecular formula is C19H19Cl2FN4OS. The van der Waals surface area contributed by atoms with Gasteiger partial charge in [0.05, 0.1) is 15.6 Å². The van der Waals surface area contributed by atoms with Gasteiger partial charge < -0.3 is 11.1 Å². The van der Waals surface area contributed by atoms with E-state index in [4.69, 9.17) is 33.9 Å². The molecule has 9 heteroatoms. The van der Waals surface area contributed by atoms with Crippen LogP contribution in [0.25, 0.3) is 0 Å². The molecule has 1 saturated carbocycles. The van der Waals surface area contributed by atoms with Gasteiger partial charge in [0.2, 0.25) is 0 Å². The van der Waals surface area contributed by atoms with Crippen LogP contribution >= 0.6 is 35.0 Å². The lowest BCUT2D eigenvalue weighted by molar-refractivity contribution is 0.0961. The molecule has 0 bridgehead atoms. The number of amidine groups is 1. The number of nitrogens with two attached hydrogens (primary N) is 1. The summed E-state index contributed by atoms with van der Waals surface area (Å²) < 4.78 is 14.9. The van der Waals surface area contributed by atoms with Crippen molar-refractivity contribution >= 4 is 46.0 Å². The number of hydrogen-bond donors (Lipinski definition) is 2. The van der Waals surface area contributed by atoms with Crippen molar-refractivity contribution in [3.63, 3.8) is 0 Å². The second-order valence-corrected chi connectivity index (χ2v) is 9.06. The van der Waals surface area contributed by atoms with E-state index in [1.54, 1.807) is 12.2 Å². The minimum absolute atomic E-state index is 0.0672. The number of nitrogens with zero attached hydrogens (tertiary/aromatic N) is 2. The molecule has 1 aromatic rings. The van der Waals surface area contributed by atoms with Crippen LogP contribution in [0.5, 0.6) is 0 Å². The van der Waals surface area contributed by atoms with Crippen LogP contribution in [0.1, 0.15) is 36.2 Å². The van der Waals surface area contributed by atoms with E-state index in [1.165, 1.54) is 24.0 Å². The fourth-order valence-corrected chi connectivity index (χ4v) is 5.73. The molecule has 0 aromatic carbocycles. The Morgan fingerprint density at radius 3 is 3.04 bits per heavy atom. The van der Waals surface area contributed by atoms with E-state index in [0.717, 1.165) is 25.0 Å². The molecule has 0 spiro atoms. The highest BCUT2D eigenvalue weighted by atomic mass is 35.5. The monoisotopic (exact) mass is 440 g/mol. The maximum atomic E-state index is 14.9. The molecule has 28 heavy (non-hydrogen) atoms. The molecule has 3 N–H and O–H groups in total. The Labute approximate surface area is 176 Å². The second kappa shape index (κ2) is 7.69. The number of hydrogen-bond acceptors (Lipinski definition) is 5. The van der Waals surface area contributed by atoms with E-state index in [0.29, 0.717) is 21.5 Å². The van der Waals surface area contributed by atoms with Crippen LogP contribution < -0.4 is 11.1 Å². The Kier molecular flexibility index (Phi) is 5.42.